The SMILES string of the molecule is O=C(NCCCCCCI)c1ccn[nH]1. The molecule has 2 N–H and O–H groups in total. The smallest absolute Gasteiger partial charge is 0.269 e. The molecule has 1 rings (SSSR count). The molecule has 0 bridgehead atoms. The molecule has 1 heterocycles. The van der Waals surface area contributed by atoms with Gasteiger partial charge in [0.1, 0.15) is 5.69 Å². The summed E-state index contributed by atoms with van der Waals surface area (Å²) < 4.78 is 1.22. The van der Waals surface area contributed by atoms with Crippen molar-refractivity contribution >= 4 is 28.5 Å². The first-order valence-corrected chi connectivity index (χ1v) is 6.70. The predicted octanol–water partition coefficient (Wildman–Crippen LogP) is 2.13. The van der Waals surface area contributed by atoms with Crippen molar-refractivity contribution in [1.82, 2.24) is 15.5 Å². The number of hydrogen-bond donors (Lipinski definition) is 2. The second-order valence-electron chi connectivity index (χ2n) is 3.33. The zero-order valence-electron chi connectivity index (χ0n) is 8.63. The second kappa shape index (κ2) is 7.67. The van der Waals surface area contributed by atoms with E-state index in [0.29, 0.717) is 5.69 Å². The minimum atomic E-state index is -0.0682. The van der Waals surface area contributed by atoms with E-state index in [0.717, 1.165) is 13.0 Å². The lowest BCUT2D eigenvalue weighted by Crippen LogP contribution is -2.24. The van der Waals surface area contributed by atoms with Gasteiger partial charge >= 0.3 is 0 Å². The number of nitrogens with zero attached hydrogens (tertiary/aromatic N) is 1. The number of unbranched alkanes of at least 4 members (excludes halogenated alkanes) is 3. The fourth-order valence-electron chi connectivity index (χ4n) is 1.25. The highest BCUT2D eigenvalue weighted by Crippen LogP contribution is 2.01. The summed E-state index contributed by atoms with van der Waals surface area (Å²) >= 11 is 2.39. The van der Waals surface area contributed by atoms with E-state index in [9.17, 15) is 4.79 Å². The molecule has 1 aromatic rings. The first kappa shape index (κ1) is 12.5. The van der Waals surface area contributed by atoms with Crippen molar-refractivity contribution in [3.63, 3.8) is 0 Å². The molecule has 0 aliphatic carbocycles. The summed E-state index contributed by atoms with van der Waals surface area (Å²) in [7, 11) is 0. The molecular weight excluding hydrogens is 305 g/mol. The van der Waals surface area contributed by atoms with Crippen LogP contribution in [0.25, 0.3) is 0 Å². The Kier molecular flexibility index (Phi) is 6.38. The van der Waals surface area contributed by atoms with Crippen LogP contribution in [0.5, 0.6) is 0 Å². The summed E-state index contributed by atoms with van der Waals surface area (Å²) in [5, 5.41) is 9.21. The average Bonchev–Trinajstić information content (AvgIpc) is 2.76. The standard InChI is InChI=1S/C10H16IN3O/c11-6-3-1-2-4-7-12-10(15)9-5-8-13-14-9/h5,8H,1-4,6-7H2,(H,12,15)(H,13,14). The molecule has 0 aromatic carbocycles. The van der Waals surface area contributed by atoms with Crippen molar-refractivity contribution in [2.45, 2.75) is 25.7 Å². The van der Waals surface area contributed by atoms with Gasteiger partial charge in [-0.1, -0.05) is 35.4 Å². The summed E-state index contributed by atoms with van der Waals surface area (Å²) in [5.74, 6) is -0.0682. The predicted molar refractivity (Wildman–Crippen MR) is 68.3 cm³/mol. The third-order valence-electron chi connectivity index (χ3n) is 2.09. The molecule has 15 heavy (non-hydrogen) atoms. The minimum absolute atomic E-state index is 0.0682. The van der Waals surface area contributed by atoms with Gasteiger partial charge in [-0.15, -0.1) is 0 Å². The van der Waals surface area contributed by atoms with Gasteiger partial charge in [0, 0.05) is 12.7 Å². The van der Waals surface area contributed by atoms with Gasteiger partial charge in [0.25, 0.3) is 5.91 Å². The van der Waals surface area contributed by atoms with Gasteiger partial charge < -0.3 is 5.32 Å². The van der Waals surface area contributed by atoms with Gasteiger partial charge in [-0.2, -0.15) is 5.10 Å². The van der Waals surface area contributed by atoms with Crippen LogP contribution in [0.1, 0.15) is 36.2 Å². The van der Waals surface area contributed by atoms with Crippen LogP contribution in [0.15, 0.2) is 12.3 Å². The maximum absolute atomic E-state index is 11.4. The maximum atomic E-state index is 11.4. The maximum Gasteiger partial charge on any atom is 0.269 e. The number of carbonyl (C=O) groups excluding carboxylic acids is 1. The highest BCUT2D eigenvalue weighted by molar-refractivity contribution is 14.1. The summed E-state index contributed by atoms with van der Waals surface area (Å²) in [6.45, 7) is 0.749. The van der Waals surface area contributed by atoms with E-state index < -0.39 is 0 Å². The molecule has 0 saturated carbocycles. The molecule has 0 unspecified atom stereocenters. The number of H-pyrrole nitrogens is 1. The Bertz CT molecular complexity index is 274. The summed E-state index contributed by atoms with van der Waals surface area (Å²) in [5.41, 5.74) is 0.530. The number of rotatable bonds is 7. The number of hydrogen-bond acceptors (Lipinski definition) is 2. The van der Waals surface area contributed by atoms with Crippen LogP contribution < -0.4 is 5.32 Å². The number of aromatic amines is 1. The first-order chi connectivity index (χ1) is 7.34. The Morgan fingerprint density at radius 2 is 2.20 bits per heavy atom. The highest BCUT2D eigenvalue weighted by atomic mass is 127. The van der Waals surface area contributed by atoms with Crippen molar-refractivity contribution in [1.29, 1.82) is 0 Å². The van der Waals surface area contributed by atoms with Gasteiger partial charge in [0.05, 0.1) is 0 Å². The Hall–Kier alpha value is -0.590. The van der Waals surface area contributed by atoms with E-state index >= 15 is 0 Å². The van der Waals surface area contributed by atoms with Crippen molar-refractivity contribution < 1.29 is 4.79 Å². The molecule has 0 saturated heterocycles. The van der Waals surface area contributed by atoms with Crippen molar-refractivity contribution in [3.8, 4) is 0 Å². The normalized spacial score (nSPS) is 10.2. The molecule has 0 spiro atoms. The van der Waals surface area contributed by atoms with Crippen LogP contribution in [-0.2, 0) is 0 Å². The molecule has 0 atom stereocenters. The Morgan fingerprint density at radius 3 is 2.87 bits per heavy atom. The highest BCUT2D eigenvalue weighted by Gasteiger charge is 2.04. The van der Waals surface area contributed by atoms with Crippen LogP contribution in [-0.4, -0.2) is 27.1 Å². The average molecular weight is 321 g/mol. The molecular formula is C10H16IN3O. The first-order valence-electron chi connectivity index (χ1n) is 5.18. The molecule has 84 valence electrons. The molecule has 0 fully saturated rings. The van der Waals surface area contributed by atoms with Crippen LogP contribution >= 0.6 is 22.6 Å². The van der Waals surface area contributed by atoms with E-state index in [1.54, 1.807) is 12.3 Å². The fourth-order valence-corrected chi connectivity index (χ4v) is 1.79. The van der Waals surface area contributed by atoms with Crippen LogP contribution in [0.2, 0.25) is 0 Å². The second-order valence-corrected chi connectivity index (χ2v) is 4.41. The van der Waals surface area contributed by atoms with E-state index in [-0.39, 0.29) is 5.91 Å². The van der Waals surface area contributed by atoms with Gasteiger partial charge in [-0.3, -0.25) is 9.89 Å². The van der Waals surface area contributed by atoms with Gasteiger partial charge in [0.15, 0.2) is 0 Å². The van der Waals surface area contributed by atoms with E-state index in [4.69, 9.17) is 0 Å². The number of amides is 1. The summed E-state index contributed by atoms with van der Waals surface area (Å²) in [6.07, 6.45) is 6.34. The minimum Gasteiger partial charge on any atom is -0.351 e. The van der Waals surface area contributed by atoms with Crippen LogP contribution in [0.4, 0.5) is 0 Å². The Balaban J connectivity index is 2.03. The molecule has 1 amide bonds. The number of alkyl halides is 1. The number of nitrogens with one attached hydrogen (secondary N) is 2. The molecule has 0 aliphatic heterocycles. The molecule has 1 aromatic heterocycles. The van der Waals surface area contributed by atoms with E-state index in [1.807, 2.05) is 0 Å². The van der Waals surface area contributed by atoms with Crippen molar-refractivity contribution in [2.75, 3.05) is 11.0 Å². The lowest BCUT2D eigenvalue weighted by atomic mass is 10.2. The van der Waals surface area contributed by atoms with E-state index in [2.05, 4.69) is 38.1 Å². The molecule has 0 aliphatic rings. The van der Waals surface area contributed by atoms with Crippen molar-refractivity contribution in [3.05, 3.63) is 18.0 Å². The summed E-state index contributed by atoms with van der Waals surface area (Å²) in [6, 6.07) is 1.67. The van der Waals surface area contributed by atoms with Crippen LogP contribution in [0.3, 0.4) is 0 Å². The largest absolute Gasteiger partial charge is 0.351 e. The monoisotopic (exact) mass is 321 g/mol. The third kappa shape index (κ3) is 5.15. The number of carbonyl (C=O) groups is 1. The van der Waals surface area contributed by atoms with Gasteiger partial charge in [-0.25, -0.2) is 0 Å². The van der Waals surface area contributed by atoms with Crippen LogP contribution in [0, 0.1) is 0 Å². The Labute approximate surface area is 103 Å². The van der Waals surface area contributed by atoms with E-state index in [1.165, 1.54) is 23.7 Å². The van der Waals surface area contributed by atoms with Gasteiger partial charge in [-0.05, 0) is 23.3 Å². The molecule has 5 heteroatoms. The lowest BCUT2D eigenvalue weighted by molar-refractivity contribution is 0.0948. The zero-order valence-corrected chi connectivity index (χ0v) is 10.8. The summed E-state index contributed by atoms with van der Waals surface area (Å²) in [4.78, 5) is 11.4. The molecule has 0 radical (unpaired) electrons. The number of halogens is 1. The van der Waals surface area contributed by atoms with Gasteiger partial charge in [0.2, 0.25) is 0 Å². The fraction of sp³-hybridized carbons (Fsp3) is 0.600. The third-order valence-corrected chi connectivity index (χ3v) is 2.85. The topological polar surface area (TPSA) is 57.8 Å². The zero-order chi connectivity index (χ0) is 10.9. The van der Waals surface area contributed by atoms with Crippen molar-refractivity contribution in [2.24, 2.45) is 0 Å². The number of aromatic nitrogens is 2. The quantitative estimate of drug-likeness (QED) is 0.459. The molecule has 4 nitrogen and oxygen atoms in total. The lowest BCUT2D eigenvalue weighted by Gasteiger charge is -2.02. The Morgan fingerprint density at radius 1 is 1.40 bits per heavy atom.